The molecule has 0 radical (unpaired) electrons. The van der Waals surface area contributed by atoms with Crippen molar-refractivity contribution in [1.29, 1.82) is 0 Å². The van der Waals surface area contributed by atoms with Crippen molar-refractivity contribution < 1.29 is 27.8 Å². The summed E-state index contributed by atoms with van der Waals surface area (Å²) in [5.41, 5.74) is -1.25. The maximum Gasteiger partial charge on any atom is 0.206 e. The largest absolute Gasteiger partial charge is 0.508 e. The van der Waals surface area contributed by atoms with Crippen LogP contribution < -0.4 is 0 Å². The Morgan fingerprint density at radius 2 is 1.50 bits per heavy atom. The SMILES string of the molecule is Oc1cccc(N=Nc2c(F)c(O)c(F)c(F)c2F)c1. The number of hydrogen-bond donors (Lipinski definition) is 2. The summed E-state index contributed by atoms with van der Waals surface area (Å²) in [5, 5.41) is 24.5. The number of hydrogen-bond acceptors (Lipinski definition) is 4. The maximum absolute atomic E-state index is 13.4. The first-order chi connectivity index (χ1) is 9.41. The van der Waals surface area contributed by atoms with Crippen molar-refractivity contribution in [3.05, 3.63) is 47.5 Å². The van der Waals surface area contributed by atoms with Crippen molar-refractivity contribution in [3.8, 4) is 11.5 Å². The topological polar surface area (TPSA) is 65.2 Å². The van der Waals surface area contributed by atoms with E-state index in [1.54, 1.807) is 0 Å². The number of phenols is 2. The summed E-state index contributed by atoms with van der Waals surface area (Å²) in [6.07, 6.45) is 0. The van der Waals surface area contributed by atoms with E-state index in [-0.39, 0.29) is 11.4 Å². The number of benzene rings is 2. The van der Waals surface area contributed by atoms with Crippen molar-refractivity contribution in [3.63, 3.8) is 0 Å². The number of azo groups is 1. The summed E-state index contributed by atoms with van der Waals surface area (Å²) in [7, 11) is 0. The van der Waals surface area contributed by atoms with Gasteiger partial charge in [-0.15, -0.1) is 5.11 Å². The van der Waals surface area contributed by atoms with Gasteiger partial charge in [0, 0.05) is 6.07 Å². The second kappa shape index (κ2) is 5.16. The zero-order valence-corrected chi connectivity index (χ0v) is 9.61. The average Bonchev–Trinajstić information content (AvgIpc) is 2.43. The molecular formula is C12H6F4N2O2. The van der Waals surface area contributed by atoms with E-state index in [9.17, 15) is 17.6 Å². The average molecular weight is 286 g/mol. The predicted octanol–water partition coefficient (Wildman–Crippen LogP) is 4.07. The van der Waals surface area contributed by atoms with Crippen molar-refractivity contribution in [2.24, 2.45) is 10.2 Å². The number of rotatable bonds is 2. The molecule has 2 N–H and O–H groups in total. The second-order valence-corrected chi connectivity index (χ2v) is 3.67. The second-order valence-electron chi connectivity index (χ2n) is 3.67. The number of halogens is 4. The van der Waals surface area contributed by atoms with Gasteiger partial charge in [-0.25, -0.2) is 13.2 Å². The van der Waals surface area contributed by atoms with Crippen LogP contribution in [-0.4, -0.2) is 10.2 Å². The van der Waals surface area contributed by atoms with Crippen LogP contribution in [0.4, 0.5) is 28.9 Å². The third-order valence-corrected chi connectivity index (χ3v) is 2.31. The Bertz CT molecular complexity index is 675. The Labute approximate surface area is 109 Å². The minimum Gasteiger partial charge on any atom is -0.508 e. The van der Waals surface area contributed by atoms with Gasteiger partial charge in [0.25, 0.3) is 0 Å². The summed E-state index contributed by atoms with van der Waals surface area (Å²) in [4.78, 5) is 0. The molecule has 0 bridgehead atoms. The molecule has 0 aliphatic carbocycles. The van der Waals surface area contributed by atoms with Gasteiger partial charge >= 0.3 is 0 Å². The minimum absolute atomic E-state index is 0.0213. The molecule has 0 fully saturated rings. The highest BCUT2D eigenvalue weighted by atomic mass is 19.2. The molecule has 8 heteroatoms. The van der Waals surface area contributed by atoms with Gasteiger partial charge in [0.05, 0.1) is 5.69 Å². The van der Waals surface area contributed by atoms with Gasteiger partial charge < -0.3 is 10.2 Å². The van der Waals surface area contributed by atoms with Crippen LogP contribution in [0.2, 0.25) is 0 Å². The van der Waals surface area contributed by atoms with E-state index in [2.05, 4.69) is 10.2 Å². The zero-order valence-electron chi connectivity index (χ0n) is 9.61. The summed E-state index contributed by atoms with van der Waals surface area (Å²) < 4.78 is 52.5. The van der Waals surface area contributed by atoms with E-state index in [1.807, 2.05) is 0 Å². The Balaban J connectivity index is 2.49. The number of aromatic hydroxyl groups is 2. The van der Waals surface area contributed by atoms with E-state index >= 15 is 0 Å². The van der Waals surface area contributed by atoms with E-state index in [1.165, 1.54) is 18.2 Å². The van der Waals surface area contributed by atoms with Gasteiger partial charge in [0.2, 0.25) is 11.6 Å². The van der Waals surface area contributed by atoms with Crippen molar-refractivity contribution in [1.82, 2.24) is 0 Å². The van der Waals surface area contributed by atoms with E-state index < -0.39 is 34.7 Å². The van der Waals surface area contributed by atoms with Gasteiger partial charge in [-0.05, 0) is 12.1 Å². The Morgan fingerprint density at radius 1 is 0.800 bits per heavy atom. The molecule has 2 aromatic rings. The molecule has 0 saturated heterocycles. The summed E-state index contributed by atoms with van der Waals surface area (Å²) in [6, 6.07) is 5.18. The van der Waals surface area contributed by atoms with Crippen LogP contribution in [0.1, 0.15) is 0 Å². The summed E-state index contributed by atoms with van der Waals surface area (Å²) in [5.74, 6) is -9.65. The smallest absolute Gasteiger partial charge is 0.206 e. The lowest BCUT2D eigenvalue weighted by molar-refractivity contribution is 0.360. The monoisotopic (exact) mass is 286 g/mol. The standard InChI is InChI=1S/C12H6F4N2O2/c13-7-8(14)11(10(16)12(20)9(7)15)18-17-5-2-1-3-6(19)4-5/h1-4,19-20H. The highest BCUT2D eigenvalue weighted by Crippen LogP contribution is 2.35. The normalized spacial score (nSPS) is 11.2. The lowest BCUT2D eigenvalue weighted by Gasteiger charge is -2.03. The van der Waals surface area contributed by atoms with E-state index in [4.69, 9.17) is 10.2 Å². The van der Waals surface area contributed by atoms with Crippen LogP contribution in [0.15, 0.2) is 34.5 Å². The molecule has 0 aromatic heterocycles. The van der Waals surface area contributed by atoms with Crippen molar-refractivity contribution >= 4 is 11.4 Å². The number of phenolic OH excluding ortho intramolecular Hbond substituents is 2. The molecule has 0 aliphatic heterocycles. The molecule has 104 valence electrons. The third-order valence-electron chi connectivity index (χ3n) is 2.31. The van der Waals surface area contributed by atoms with Crippen LogP contribution in [0.3, 0.4) is 0 Å². The van der Waals surface area contributed by atoms with Crippen LogP contribution >= 0.6 is 0 Å². The molecule has 2 rings (SSSR count). The lowest BCUT2D eigenvalue weighted by atomic mass is 10.2. The van der Waals surface area contributed by atoms with Gasteiger partial charge in [-0.3, -0.25) is 0 Å². The van der Waals surface area contributed by atoms with Gasteiger partial charge in [0.1, 0.15) is 5.75 Å². The minimum atomic E-state index is -2.06. The fourth-order valence-electron chi connectivity index (χ4n) is 1.36. The van der Waals surface area contributed by atoms with Crippen molar-refractivity contribution in [2.45, 2.75) is 0 Å². The third kappa shape index (κ3) is 2.40. The molecule has 0 saturated carbocycles. The first-order valence-electron chi connectivity index (χ1n) is 5.17. The Hall–Kier alpha value is -2.64. The molecule has 0 unspecified atom stereocenters. The van der Waals surface area contributed by atoms with Gasteiger partial charge in [-0.1, -0.05) is 6.07 Å². The van der Waals surface area contributed by atoms with E-state index in [0.29, 0.717) is 0 Å². The molecule has 0 heterocycles. The summed E-state index contributed by atoms with van der Waals surface area (Å²) in [6.45, 7) is 0. The molecule has 0 aliphatic rings. The maximum atomic E-state index is 13.4. The molecule has 0 atom stereocenters. The van der Waals surface area contributed by atoms with Crippen LogP contribution in [-0.2, 0) is 0 Å². The van der Waals surface area contributed by atoms with Gasteiger partial charge in [-0.2, -0.15) is 9.50 Å². The molecule has 0 spiro atoms. The molecule has 4 nitrogen and oxygen atoms in total. The highest BCUT2D eigenvalue weighted by Gasteiger charge is 2.25. The predicted molar refractivity (Wildman–Crippen MR) is 60.2 cm³/mol. The first-order valence-corrected chi connectivity index (χ1v) is 5.17. The fraction of sp³-hybridized carbons (Fsp3) is 0. The van der Waals surface area contributed by atoms with Crippen LogP contribution in [0.5, 0.6) is 11.5 Å². The molecule has 20 heavy (non-hydrogen) atoms. The Kier molecular flexibility index (Phi) is 3.55. The van der Waals surface area contributed by atoms with Crippen LogP contribution in [0, 0.1) is 23.3 Å². The summed E-state index contributed by atoms with van der Waals surface area (Å²) >= 11 is 0. The number of nitrogens with zero attached hydrogens (tertiary/aromatic N) is 2. The molecule has 0 amide bonds. The van der Waals surface area contributed by atoms with Gasteiger partial charge in [0.15, 0.2) is 23.1 Å². The van der Waals surface area contributed by atoms with Crippen molar-refractivity contribution in [2.75, 3.05) is 0 Å². The highest BCUT2D eigenvalue weighted by molar-refractivity contribution is 5.49. The van der Waals surface area contributed by atoms with Crippen LogP contribution in [0.25, 0.3) is 0 Å². The zero-order chi connectivity index (χ0) is 14.9. The molecular weight excluding hydrogens is 280 g/mol. The fourth-order valence-corrected chi connectivity index (χ4v) is 1.36. The molecule has 2 aromatic carbocycles. The quantitative estimate of drug-likeness (QED) is 0.378. The first kappa shape index (κ1) is 13.8. The Morgan fingerprint density at radius 3 is 2.15 bits per heavy atom. The van der Waals surface area contributed by atoms with E-state index in [0.717, 1.165) is 6.07 Å². The lowest BCUT2D eigenvalue weighted by Crippen LogP contribution is -1.95.